The van der Waals surface area contributed by atoms with Crippen LogP contribution in [0.3, 0.4) is 0 Å². The van der Waals surface area contributed by atoms with E-state index in [1.807, 2.05) is 57.4 Å². The van der Waals surface area contributed by atoms with E-state index >= 15 is 0 Å². The summed E-state index contributed by atoms with van der Waals surface area (Å²) in [7, 11) is 0. The van der Waals surface area contributed by atoms with Gasteiger partial charge in [0, 0.05) is 32.2 Å². The van der Waals surface area contributed by atoms with E-state index in [9.17, 15) is 4.79 Å². The molecule has 234 valence electrons. The van der Waals surface area contributed by atoms with Crippen LogP contribution in [-0.2, 0) is 25.4 Å². The van der Waals surface area contributed by atoms with Crippen LogP contribution in [0.2, 0.25) is 0 Å². The van der Waals surface area contributed by atoms with Crippen LogP contribution in [0, 0.1) is 0 Å². The first-order chi connectivity index (χ1) is 20.4. The lowest BCUT2D eigenvalue weighted by Gasteiger charge is -2.30. The van der Waals surface area contributed by atoms with Gasteiger partial charge in [-0.05, 0) is 53.0 Å². The van der Waals surface area contributed by atoms with Gasteiger partial charge in [-0.25, -0.2) is 19.7 Å². The predicted octanol–water partition coefficient (Wildman–Crippen LogP) is 2.61. The van der Waals surface area contributed by atoms with Gasteiger partial charge in [-0.2, -0.15) is 0 Å². The summed E-state index contributed by atoms with van der Waals surface area (Å²) in [6, 6.07) is 9.96. The Kier molecular flexibility index (Phi) is 9.18. The molecule has 5 N–H and O–H groups in total. The highest BCUT2D eigenvalue weighted by atomic mass is 16.8. The lowest BCUT2D eigenvalue weighted by Crippen LogP contribution is -2.45. The Morgan fingerprint density at radius 3 is 2.60 bits per heavy atom. The third kappa shape index (κ3) is 7.60. The van der Waals surface area contributed by atoms with E-state index in [4.69, 9.17) is 30.4 Å². The number of rotatable bonds is 11. The average molecular weight is 597 g/mol. The van der Waals surface area contributed by atoms with Gasteiger partial charge in [-0.1, -0.05) is 30.3 Å². The van der Waals surface area contributed by atoms with E-state index in [-0.39, 0.29) is 24.4 Å². The Balaban J connectivity index is 1.31. The second kappa shape index (κ2) is 12.7. The number of aromatic nitrogens is 4. The molecule has 5 rings (SSSR count). The fourth-order valence-electron chi connectivity index (χ4n) is 5.75. The molecule has 43 heavy (non-hydrogen) atoms. The van der Waals surface area contributed by atoms with Gasteiger partial charge >= 0.3 is 6.09 Å². The first kappa shape index (κ1) is 31.1. The molecular weight excluding hydrogens is 552 g/mol. The number of imidazole rings is 1. The number of hydrogen-bond acceptors (Lipinski definition) is 11. The van der Waals surface area contributed by atoms with Gasteiger partial charge in [0.1, 0.15) is 35.8 Å². The summed E-state index contributed by atoms with van der Waals surface area (Å²) in [6.07, 6.45) is 2.46. The van der Waals surface area contributed by atoms with Gasteiger partial charge < -0.3 is 35.7 Å². The van der Waals surface area contributed by atoms with E-state index in [1.165, 1.54) is 6.33 Å². The molecule has 1 aromatic carbocycles. The standard InChI is InChI=1S/C30H44N8O5/c1-29(2,3)43-28(39)36-20(15-19-9-7-6-8-10-19)11-13-37(14-12-31)16-21-23-24(42-30(4,5)41-23)27(40-21)38-18-35-22-25(32)33-17-34-26(22)38/h6-10,17-18,20-21,23-24,27H,11-16,31H2,1-5H3,(H,36,39)(H2,32,33,34)/t20-,21+,23+,24+,27?/m0/s1. The number of nitrogens with one attached hydrogen (secondary N) is 1. The highest BCUT2D eigenvalue weighted by Gasteiger charge is 2.56. The van der Waals surface area contributed by atoms with Crippen molar-refractivity contribution in [1.82, 2.24) is 29.7 Å². The molecule has 4 heterocycles. The van der Waals surface area contributed by atoms with Gasteiger partial charge in [0.15, 0.2) is 23.5 Å². The summed E-state index contributed by atoms with van der Waals surface area (Å²) in [6.45, 7) is 11.7. The second-order valence-electron chi connectivity index (χ2n) is 12.6. The monoisotopic (exact) mass is 596 g/mol. The molecule has 0 radical (unpaired) electrons. The molecule has 2 saturated heterocycles. The third-order valence-corrected chi connectivity index (χ3v) is 7.51. The van der Waals surface area contributed by atoms with Crippen molar-refractivity contribution in [2.24, 2.45) is 5.73 Å². The lowest BCUT2D eigenvalue weighted by molar-refractivity contribution is -0.198. The number of fused-ring (bicyclic) bond motifs is 2. The SMILES string of the molecule is CC(C)(C)OC(=O)N[C@@H](CCN(CCN)C[C@H]1OC(n2cnc3c(N)ncnc32)[C@@H]2OC(C)(C)O[C@H]12)Cc1ccccc1. The fourth-order valence-corrected chi connectivity index (χ4v) is 5.75. The Bertz CT molecular complexity index is 1380. The summed E-state index contributed by atoms with van der Waals surface area (Å²) in [4.78, 5) is 27.8. The smallest absolute Gasteiger partial charge is 0.407 e. The number of amides is 1. The van der Waals surface area contributed by atoms with Gasteiger partial charge in [-0.15, -0.1) is 0 Å². The van der Waals surface area contributed by atoms with E-state index in [0.717, 1.165) is 5.56 Å². The zero-order valence-electron chi connectivity index (χ0n) is 25.6. The number of hydrogen-bond donors (Lipinski definition) is 3. The number of nitrogen functional groups attached to an aromatic ring is 1. The molecule has 2 aliphatic rings. The van der Waals surface area contributed by atoms with Crippen molar-refractivity contribution >= 4 is 23.1 Å². The highest BCUT2D eigenvalue weighted by molar-refractivity contribution is 5.81. The number of nitrogens with zero attached hydrogens (tertiary/aromatic N) is 5. The molecular formula is C30H44N8O5. The number of carbonyl (C=O) groups is 1. The van der Waals surface area contributed by atoms with Crippen LogP contribution in [0.5, 0.6) is 0 Å². The van der Waals surface area contributed by atoms with Crippen molar-refractivity contribution in [3.05, 3.63) is 48.5 Å². The zero-order chi connectivity index (χ0) is 30.8. The lowest BCUT2D eigenvalue weighted by atomic mass is 10.0. The largest absolute Gasteiger partial charge is 0.444 e. The van der Waals surface area contributed by atoms with Gasteiger partial charge in [0.2, 0.25) is 0 Å². The summed E-state index contributed by atoms with van der Waals surface area (Å²) in [5.41, 5.74) is 13.7. The van der Waals surface area contributed by atoms with E-state index < -0.39 is 23.7 Å². The molecule has 0 bridgehead atoms. The molecule has 0 aliphatic carbocycles. The van der Waals surface area contributed by atoms with Crippen LogP contribution < -0.4 is 16.8 Å². The number of ether oxygens (including phenoxy) is 4. The number of carbonyl (C=O) groups excluding carboxylic acids is 1. The maximum Gasteiger partial charge on any atom is 0.407 e. The van der Waals surface area contributed by atoms with Crippen molar-refractivity contribution in [2.75, 3.05) is 31.9 Å². The predicted molar refractivity (Wildman–Crippen MR) is 161 cm³/mol. The Morgan fingerprint density at radius 2 is 1.88 bits per heavy atom. The minimum absolute atomic E-state index is 0.144. The van der Waals surface area contributed by atoms with Gasteiger partial charge in [0.05, 0.1) is 6.33 Å². The molecule has 0 spiro atoms. The van der Waals surface area contributed by atoms with E-state index in [1.54, 1.807) is 6.33 Å². The van der Waals surface area contributed by atoms with Crippen LogP contribution in [0.15, 0.2) is 43.0 Å². The molecule has 1 unspecified atom stereocenters. The Labute approximate surface area is 252 Å². The van der Waals surface area contributed by atoms with Crippen LogP contribution in [0.4, 0.5) is 10.6 Å². The van der Waals surface area contributed by atoms with Gasteiger partial charge in [0.25, 0.3) is 0 Å². The van der Waals surface area contributed by atoms with Crippen LogP contribution in [0.1, 0.15) is 52.8 Å². The topological polar surface area (TPSA) is 165 Å². The van der Waals surface area contributed by atoms with Crippen molar-refractivity contribution in [2.45, 2.75) is 89.4 Å². The van der Waals surface area contributed by atoms with Crippen molar-refractivity contribution in [3.63, 3.8) is 0 Å². The first-order valence-corrected chi connectivity index (χ1v) is 14.8. The van der Waals surface area contributed by atoms with Crippen LogP contribution in [-0.4, -0.2) is 92.4 Å². The molecule has 0 saturated carbocycles. The van der Waals surface area contributed by atoms with E-state index in [2.05, 4.69) is 37.3 Å². The number of anilines is 1. The molecule has 3 aromatic rings. The van der Waals surface area contributed by atoms with Crippen LogP contribution >= 0.6 is 0 Å². The fraction of sp³-hybridized carbons (Fsp3) is 0.600. The first-order valence-electron chi connectivity index (χ1n) is 14.8. The molecule has 13 heteroatoms. The zero-order valence-corrected chi connectivity index (χ0v) is 25.6. The summed E-state index contributed by atoms with van der Waals surface area (Å²) >= 11 is 0. The summed E-state index contributed by atoms with van der Waals surface area (Å²) in [5, 5.41) is 3.08. The molecule has 2 aliphatic heterocycles. The van der Waals surface area contributed by atoms with Crippen molar-refractivity contribution in [3.8, 4) is 0 Å². The Morgan fingerprint density at radius 1 is 1.14 bits per heavy atom. The highest BCUT2D eigenvalue weighted by Crippen LogP contribution is 2.44. The average Bonchev–Trinajstić information content (AvgIpc) is 3.58. The molecule has 2 aromatic heterocycles. The van der Waals surface area contributed by atoms with Crippen LogP contribution in [0.25, 0.3) is 11.2 Å². The number of nitrogens with two attached hydrogens (primary N) is 2. The third-order valence-electron chi connectivity index (χ3n) is 7.51. The minimum Gasteiger partial charge on any atom is -0.444 e. The Hall–Kier alpha value is -3.36. The number of alkyl carbamates (subject to hydrolysis) is 1. The molecule has 13 nitrogen and oxygen atoms in total. The second-order valence-corrected chi connectivity index (χ2v) is 12.6. The van der Waals surface area contributed by atoms with Crippen molar-refractivity contribution < 1.29 is 23.7 Å². The summed E-state index contributed by atoms with van der Waals surface area (Å²) in [5.74, 6) is -0.477. The van der Waals surface area contributed by atoms with E-state index in [0.29, 0.717) is 56.0 Å². The molecule has 2 fully saturated rings. The maximum absolute atomic E-state index is 12.7. The number of benzene rings is 1. The normalized spacial score (nSPS) is 23.9. The maximum atomic E-state index is 12.7. The minimum atomic E-state index is -0.781. The molecule has 1 amide bonds. The quantitative estimate of drug-likeness (QED) is 0.298. The molecule has 5 atom stereocenters. The van der Waals surface area contributed by atoms with Gasteiger partial charge in [-0.3, -0.25) is 9.47 Å². The summed E-state index contributed by atoms with van der Waals surface area (Å²) < 4.78 is 26.7. The van der Waals surface area contributed by atoms with Crippen molar-refractivity contribution in [1.29, 1.82) is 0 Å².